The summed E-state index contributed by atoms with van der Waals surface area (Å²) in [4.78, 5) is 4.62. The molecular weight excluding hydrogens is 196 g/mol. The van der Waals surface area contributed by atoms with E-state index in [4.69, 9.17) is 5.73 Å². The standard InChI is InChI=1S/C14H18N2/c1-11-8-9-13-7-4-6-12(14(13)16-11)5-2-3-10-15/h4,6-9H,2-3,5,10,15H2,1H3. The zero-order valence-electron chi connectivity index (χ0n) is 9.74. The average Bonchev–Trinajstić information content (AvgIpc) is 2.30. The molecule has 0 amide bonds. The lowest BCUT2D eigenvalue weighted by molar-refractivity contribution is 0.746. The van der Waals surface area contributed by atoms with E-state index in [-0.39, 0.29) is 0 Å². The summed E-state index contributed by atoms with van der Waals surface area (Å²) in [6.07, 6.45) is 3.30. The van der Waals surface area contributed by atoms with E-state index < -0.39 is 0 Å². The van der Waals surface area contributed by atoms with Crippen molar-refractivity contribution < 1.29 is 0 Å². The summed E-state index contributed by atoms with van der Waals surface area (Å²) in [5, 5.41) is 1.23. The molecule has 0 spiro atoms. The molecule has 2 nitrogen and oxygen atoms in total. The van der Waals surface area contributed by atoms with Crippen LogP contribution >= 0.6 is 0 Å². The molecule has 0 fully saturated rings. The zero-order valence-corrected chi connectivity index (χ0v) is 9.74. The summed E-state index contributed by atoms with van der Waals surface area (Å²) in [5.41, 5.74) is 9.09. The average molecular weight is 214 g/mol. The van der Waals surface area contributed by atoms with Crippen molar-refractivity contribution in [1.29, 1.82) is 0 Å². The highest BCUT2D eigenvalue weighted by Crippen LogP contribution is 2.18. The highest BCUT2D eigenvalue weighted by molar-refractivity contribution is 5.81. The van der Waals surface area contributed by atoms with Crippen LogP contribution in [0.25, 0.3) is 10.9 Å². The molecule has 0 saturated carbocycles. The van der Waals surface area contributed by atoms with Crippen molar-refractivity contribution in [3.8, 4) is 0 Å². The third kappa shape index (κ3) is 2.39. The second-order valence-corrected chi connectivity index (χ2v) is 4.19. The van der Waals surface area contributed by atoms with Gasteiger partial charge in [-0.1, -0.05) is 24.3 Å². The summed E-state index contributed by atoms with van der Waals surface area (Å²) >= 11 is 0. The van der Waals surface area contributed by atoms with Gasteiger partial charge in [0.2, 0.25) is 0 Å². The number of rotatable bonds is 4. The van der Waals surface area contributed by atoms with Crippen LogP contribution in [-0.2, 0) is 6.42 Å². The fraction of sp³-hybridized carbons (Fsp3) is 0.357. The number of fused-ring (bicyclic) bond motifs is 1. The number of pyridine rings is 1. The van der Waals surface area contributed by atoms with Crippen LogP contribution in [0.3, 0.4) is 0 Å². The van der Waals surface area contributed by atoms with Crippen LogP contribution in [0.2, 0.25) is 0 Å². The summed E-state index contributed by atoms with van der Waals surface area (Å²) in [7, 11) is 0. The largest absolute Gasteiger partial charge is 0.330 e. The van der Waals surface area contributed by atoms with E-state index in [9.17, 15) is 0 Å². The van der Waals surface area contributed by atoms with Crippen LogP contribution < -0.4 is 5.73 Å². The minimum absolute atomic E-state index is 0.775. The number of hydrogen-bond acceptors (Lipinski definition) is 2. The third-order valence-corrected chi connectivity index (χ3v) is 2.84. The molecule has 0 saturated heterocycles. The normalized spacial score (nSPS) is 10.9. The second-order valence-electron chi connectivity index (χ2n) is 4.19. The smallest absolute Gasteiger partial charge is 0.0737 e. The SMILES string of the molecule is Cc1ccc2cccc(CCCCN)c2n1. The van der Waals surface area contributed by atoms with Crippen molar-refractivity contribution in [2.45, 2.75) is 26.2 Å². The number of nitrogens with zero attached hydrogens (tertiary/aromatic N) is 1. The molecule has 1 aromatic heterocycles. The fourth-order valence-corrected chi connectivity index (χ4v) is 1.97. The first kappa shape index (κ1) is 11.1. The number of nitrogens with two attached hydrogens (primary N) is 1. The van der Waals surface area contributed by atoms with Crippen molar-refractivity contribution in [2.75, 3.05) is 6.54 Å². The van der Waals surface area contributed by atoms with Gasteiger partial charge in [0.25, 0.3) is 0 Å². The van der Waals surface area contributed by atoms with Gasteiger partial charge in [-0.3, -0.25) is 4.98 Å². The molecule has 0 radical (unpaired) electrons. The lowest BCUT2D eigenvalue weighted by Gasteiger charge is -2.06. The Morgan fingerprint density at radius 1 is 1.12 bits per heavy atom. The van der Waals surface area contributed by atoms with E-state index in [1.807, 2.05) is 6.92 Å². The molecule has 16 heavy (non-hydrogen) atoms. The Morgan fingerprint density at radius 3 is 2.81 bits per heavy atom. The molecule has 2 heteroatoms. The summed E-state index contributed by atoms with van der Waals surface area (Å²) < 4.78 is 0. The van der Waals surface area contributed by atoms with Crippen LogP contribution in [-0.4, -0.2) is 11.5 Å². The Bertz CT molecular complexity index is 477. The molecule has 0 atom stereocenters. The third-order valence-electron chi connectivity index (χ3n) is 2.84. The molecular formula is C14H18N2. The summed E-state index contributed by atoms with van der Waals surface area (Å²) in [6.45, 7) is 2.81. The minimum atomic E-state index is 0.775. The molecule has 1 heterocycles. The number of hydrogen-bond donors (Lipinski definition) is 1. The van der Waals surface area contributed by atoms with Gasteiger partial charge in [-0.05, 0) is 44.4 Å². The van der Waals surface area contributed by atoms with E-state index >= 15 is 0 Å². The predicted octanol–water partition coefficient (Wildman–Crippen LogP) is 2.82. The molecule has 0 aliphatic heterocycles. The molecule has 0 bridgehead atoms. The molecule has 0 aliphatic carbocycles. The zero-order chi connectivity index (χ0) is 11.4. The first-order valence-electron chi connectivity index (χ1n) is 5.86. The topological polar surface area (TPSA) is 38.9 Å². The Kier molecular flexibility index (Phi) is 3.52. The van der Waals surface area contributed by atoms with Crippen LogP contribution in [0.4, 0.5) is 0 Å². The Labute approximate surface area is 96.5 Å². The Hall–Kier alpha value is -1.41. The van der Waals surface area contributed by atoms with E-state index in [1.165, 1.54) is 10.9 Å². The van der Waals surface area contributed by atoms with Gasteiger partial charge >= 0.3 is 0 Å². The molecule has 0 aliphatic rings. The van der Waals surface area contributed by atoms with Crippen LogP contribution in [0.15, 0.2) is 30.3 Å². The van der Waals surface area contributed by atoms with Gasteiger partial charge in [-0.25, -0.2) is 0 Å². The van der Waals surface area contributed by atoms with Gasteiger partial charge in [0.05, 0.1) is 5.52 Å². The number of unbranched alkanes of at least 4 members (excludes halogenated alkanes) is 1. The maximum Gasteiger partial charge on any atom is 0.0737 e. The van der Waals surface area contributed by atoms with Gasteiger partial charge in [0, 0.05) is 11.1 Å². The minimum Gasteiger partial charge on any atom is -0.330 e. The molecule has 0 unspecified atom stereocenters. The number of benzene rings is 1. The van der Waals surface area contributed by atoms with E-state index in [0.29, 0.717) is 0 Å². The van der Waals surface area contributed by atoms with Gasteiger partial charge < -0.3 is 5.73 Å². The Morgan fingerprint density at radius 2 is 2.00 bits per heavy atom. The van der Waals surface area contributed by atoms with Crippen LogP contribution in [0.1, 0.15) is 24.1 Å². The maximum atomic E-state index is 5.51. The van der Waals surface area contributed by atoms with Gasteiger partial charge in [0.15, 0.2) is 0 Å². The maximum absolute atomic E-state index is 5.51. The van der Waals surface area contributed by atoms with Crippen molar-refractivity contribution in [2.24, 2.45) is 5.73 Å². The fourth-order valence-electron chi connectivity index (χ4n) is 1.97. The number of para-hydroxylation sites is 1. The number of aryl methyl sites for hydroxylation is 2. The van der Waals surface area contributed by atoms with Crippen LogP contribution in [0, 0.1) is 6.92 Å². The summed E-state index contributed by atoms with van der Waals surface area (Å²) in [6, 6.07) is 10.6. The number of aromatic nitrogens is 1. The van der Waals surface area contributed by atoms with E-state index in [2.05, 4.69) is 35.3 Å². The van der Waals surface area contributed by atoms with E-state index in [0.717, 1.165) is 37.0 Å². The van der Waals surface area contributed by atoms with Crippen molar-refractivity contribution in [3.63, 3.8) is 0 Å². The monoisotopic (exact) mass is 214 g/mol. The van der Waals surface area contributed by atoms with E-state index in [1.54, 1.807) is 0 Å². The lowest BCUT2D eigenvalue weighted by atomic mass is 10.0. The highest BCUT2D eigenvalue weighted by atomic mass is 14.7. The van der Waals surface area contributed by atoms with Gasteiger partial charge in [-0.15, -0.1) is 0 Å². The molecule has 84 valence electrons. The lowest BCUT2D eigenvalue weighted by Crippen LogP contribution is -1.99. The first-order valence-corrected chi connectivity index (χ1v) is 5.86. The molecule has 2 aromatic rings. The predicted molar refractivity (Wildman–Crippen MR) is 68.5 cm³/mol. The molecule has 2 N–H and O–H groups in total. The highest BCUT2D eigenvalue weighted by Gasteiger charge is 2.02. The summed E-state index contributed by atoms with van der Waals surface area (Å²) in [5.74, 6) is 0. The quantitative estimate of drug-likeness (QED) is 0.795. The first-order chi connectivity index (χ1) is 7.81. The van der Waals surface area contributed by atoms with Crippen LogP contribution in [0.5, 0.6) is 0 Å². The van der Waals surface area contributed by atoms with Gasteiger partial charge in [-0.2, -0.15) is 0 Å². The van der Waals surface area contributed by atoms with Gasteiger partial charge in [0.1, 0.15) is 0 Å². The second kappa shape index (κ2) is 5.08. The molecule has 1 aromatic carbocycles. The van der Waals surface area contributed by atoms with Crippen molar-refractivity contribution >= 4 is 10.9 Å². The molecule has 2 rings (SSSR count). The Balaban J connectivity index is 2.32. The van der Waals surface area contributed by atoms with Crippen molar-refractivity contribution in [1.82, 2.24) is 4.98 Å². The van der Waals surface area contributed by atoms with Crippen molar-refractivity contribution in [3.05, 3.63) is 41.6 Å².